The summed E-state index contributed by atoms with van der Waals surface area (Å²) in [6.45, 7) is 0. The molecule has 0 aliphatic heterocycles. The Kier molecular flexibility index (Phi) is 6.78. The van der Waals surface area contributed by atoms with Gasteiger partial charge in [0.25, 0.3) is 11.1 Å². The van der Waals surface area contributed by atoms with Gasteiger partial charge in [-0.1, -0.05) is 30.3 Å². The Bertz CT molecular complexity index is 1600. The number of hydrogen-bond acceptors (Lipinski definition) is 7. The van der Waals surface area contributed by atoms with E-state index in [4.69, 9.17) is 4.74 Å². The molecule has 0 aliphatic rings. The summed E-state index contributed by atoms with van der Waals surface area (Å²) in [5.41, 5.74) is 0.752. The fourth-order valence-corrected chi connectivity index (χ4v) is 3.12. The summed E-state index contributed by atoms with van der Waals surface area (Å²) in [5.74, 6) is -0.963. The molecule has 174 valence electrons. The molecular formula is C26H19N3O6. The predicted molar refractivity (Wildman–Crippen MR) is 127 cm³/mol. The molecule has 0 aliphatic carbocycles. The minimum absolute atomic E-state index is 0.0307. The molecule has 0 saturated heterocycles. The van der Waals surface area contributed by atoms with Crippen LogP contribution in [-0.4, -0.2) is 34.0 Å². The zero-order valence-corrected chi connectivity index (χ0v) is 18.5. The molecule has 2 heterocycles. The van der Waals surface area contributed by atoms with Gasteiger partial charge in [-0.3, -0.25) is 14.6 Å². The molecule has 0 saturated carbocycles. The van der Waals surface area contributed by atoms with E-state index in [1.807, 2.05) is 30.3 Å². The number of nitrogens with one attached hydrogen (secondary N) is 2. The number of carbonyl (C=O) groups is 2. The molecule has 35 heavy (non-hydrogen) atoms. The number of methoxy groups -OCH3 is 1. The Labute approximate surface area is 198 Å². The summed E-state index contributed by atoms with van der Waals surface area (Å²) in [7, 11) is 1.27. The van der Waals surface area contributed by atoms with Gasteiger partial charge in [0, 0.05) is 0 Å². The van der Waals surface area contributed by atoms with Crippen LogP contribution in [0.2, 0.25) is 0 Å². The predicted octanol–water partition coefficient (Wildman–Crippen LogP) is 1.12. The van der Waals surface area contributed by atoms with Gasteiger partial charge < -0.3 is 19.4 Å². The molecule has 0 bridgehead atoms. The van der Waals surface area contributed by atoms with Gasteiger partial charge in [-0.2, -0.15) is 0 Å². The second-order valence-corrected chi connectivity index (χ2v) is 7.31. The molecule has 0 unspecified atom stereocenters. The van der Waals surface area contributed by atoms with Crippen molar-refractivity contribution in [1.29, 1.82) is 0 Å². The summed E-state index contributed by atoms with van der Waals surface area (Å²) < 4.78 is 9.91. The third-order valence-electron chi connectivity index (χ3n) is 4.90. The van der Waals surface area contributed by atoms with Crippen molar-refractivity contribution in [3.63, 3.8) is 0 Å². The highest BCUT2D eigenvalue weighted by Crippen LogP contribution is 2.13. The summed E-state index contributed by atoms with van der Waals surface area (Å²) in [6, 6.07) is 18.0. The lowest BCUT2D eigenvalue weighted by Gasteiger charge is -2.05. The molecule has 4 aromatic rings. The van der Waals surface area contributed by atoms with Crippen molar-refractivity contribution in [2.75, 3.05) is 7.11 Å². The molecule has 4 rings (SSSR count). The summed E-state index contributed by atoms with van der Waals surface area (Å²) in [5, 5.41) is 0.163. The van der Waals surface area contributed by atoms with Gasteiger partial charge in [0.15, 0.2) is 0 Å². The van der Waals surface area contributed by atoms with E-state index in [0.29, 0.717) is 11.3 Å². The van der Waals surface area contributed by atoms with Crippen molar-refractivity contribution in [2.24, 2.45) is 0 Å². The SMILES string of the molecule is COC(=O)c1ccc(C(=O)Oc2ccc(/C=c3\[nH]c(=O)/c(=C/c4ccccc4)[nH]c3=O)nc2)cc1. The number of rotatable bonds is 5. The Morgan fingerprint density at radius 2 is 1.37 bits per heavy atom. The Hall–Kier alpha value is -5.05. The van der Waals surface area contributed by atoms with Crippen molar-refractivity contribution in [2.45, 2.75) is 0 Å². The molecule has 0 spiro atoms. The molecule has 9 nitrogen and oxygen atoms in total. The van der Waals surface area contributed by atoms with Crippen molar-refractivity contribution in [3.05, 3.63) is 127 Å². The number of hydrogen-bond donors (Lipinski definition) is 2. The molecule has 0 radical (unpaired) electrons. The van der Waals surface area contributed by atoms with Crippen molar-refractivity contribution in [1.82, 2.24) is 15.0 Å². The lowest BCUT2D eigenvalue weighted by molar-refractivity contribution is 0.0599. The van der Waals surface area contributed by atoms with Gasteiger partial charge in [0.1, 0.15) is 16.4 Å². The van der Waals surface area contributed by atoms with Crippen LogP contribution in [0.15, 0.2) is 82.5 Å². The minimum atomic E-state index is -0.633. The number of ether oxygens (including phenoxy) is 2. The van der Waals surface area contributed by atoms with Crippen molar-refractivity contribution >= 4 is 24.1 Å². The maximum absolute atomic E-state index is 12.4. The standard InChI is InChI=1S/C26H19N3O6/c1-34-25(32)17-7-9-18(10-8-17)26(33)35-20-12-11-19(27-15-20)14-22-24(31)28-21(23(30)29-22)13-16-5-3-2-4-6-16/h2-15H,1H3,(H,28,31)(H,29,30)/b21-13-,22-14-. The fourth-order valence-electron chi connectivity index (χ4n) is 3.12. The minimum Gasteiger partial charge on any atom is -0.465 e. The lowest BCUT2D eigenvalue weighted by Crippen LogP contribution is -2.46. The Morgan fingerprint density at radius 3 is 1.94 bits per heavy atom. The number of esters is 2. The van der Waals surface area contributed by atoms with Crippen LogP contribution in [-0.2, 0) is 4.74 Å². The average molecular weight is 469 g/mol. The quantitative estimate of drug-likeness (QED) is 0.419. The van der Waals surface area contributed by atoms with E-state index in [2.05, 4.69) is 19.7 Å². The first-order valence-corrected chi connectivity index (χ1v) is 10.4. The zero-order chi connectivity index (χ0) is 24.8. The van der Waals surface area contributed by atoms with Crippen LogP contribution in [0.1, 0.15) is 32.0 Å². The van der Waals surface area contributed by atoms with Gasteiger partial charge in [-0.05, 0) is 54.1 Å². The number of H-pyrrole nitrogens is 2. The topological polar surface area (TPSA) is 131 Å². The van der Waals surface area contributed by atoms with Gasteiger partial charge in [0.05, 0.1) is 30.1 Å². The largest absolute Gasteiger partial charge is 0.465 e. The van der Waals surface area contributed by atoms with E-state index in [-0.39, 0.29) is 22.0 Å². The molecule has 2 N–H and O–H groups in total. The first-order chi connectivity index (χ1) is 16.9. The first kappa shape index (κ1) is 23.1. The van der Waals surface area contributed by atoms with E-state index in [1.54, 1.807) is 6.08 Å². The van der Waals surface area contributed by atoms with E-state index >= 15 is 0 Å². The van der Waals surface area contributed by atoms with Crippen molar-refractivity contribution < 1.29 is 19.1 Å². The number of aromatic nitrogens is 3. The zero-order valence-electron chi connectivity index (χ0n) is 18.5. The van der Waals surface area contributed by atoms with Crippen LogP contribution >= 0.6 is 0 Å². The van der Waals surface area contributed by atoms with Crippen molar-refractivity contribution in [3.8, 4) is 5.75 Å². The summed E-state index contributed by atoms with van der Waals surface area (Å²) >= 11 is 0. The van der Waals surface area contributed by atoms with Gasteiger partial charge in [0.2, 0.25) is 0 Å². The molecule has 2 aromatic carbocycles. The van der Waals surface area contributed by atoms with E-state index < -0.39 is 23.1 Å². The normalized spacial score (nSPS) is 11.8. The molecular weight excluding hydrogens is 450 g/mol. The second-order valence-electron chi connectivity index (χ2n) is 7.31. The Morgan fingerprint density at radius 1 is 0.771 bits per heavy atom. The second kappa shape index (κ2) is 10.3. The lowest BCUT2D eigenvalue weighted by atomic mass is 10.1. The van der Waals surface area contributed by atoms with Crippen LogP contribution in [0.5, 0.6) is 5.75 Å². The maximum Gasteiger partial charge on any atom is 0.343 e. The van der Waals surface area contributed by atoms with Gasteiger partial charge in [-0.25, -0.2) is 9.59 Å². The molecule has 0 atom stereocenters. The molecule has 2 aromatic heterocycles. The van der Waals surface area contributed by atoms with Gasteiger partial charge >= 0.3 is 11.9 Å². The fraction of sp³-hybridized carbons (Fsp3) is 0.0385. The number of carbonyl (C=O) groups excluding carboxylic acids is 2. The average Bonchev–Trinajstić information content (AvgIpc) is 2.88. The Balaban J connectivity index is 1.51. The van der Waals surface area contributed by atoms with Crippen LogP contribution in [0, 0.1) is 0 Å². The monoisotopic (exact) mass is 469 g/mol. The number of nitrogens with zero attached hydrogens (tertiary/aromatic N) is 1. The van der Waals surface area contributed by atoms with Crippen LogP contribution < -0.4 is 26.6 Å². The first-order valence-electron chi connectivity index (χ1n) is 10.4. The van der Waals surface area contributed by atoms with Crippen LogP contribution in [0.25, 0.3) is 12.2 Å². The highest BCUT2D eigenvalue weighted by molar-refractivity contribution is 5.94. The third-order valence-corrected chi connectivity index (χ3v) is 4.90. The molecule has 9 heteroatoms. The van der Waals surface area contributed by atoms with E-state index in [9.17, 15) is 19.2 Å². The van der Waals surface area contributed by atoms with Crippen LogP contribution in [0.4, 0.5) is 0 Å². The number of benzene rings is 2. The van der Waals surface area contributed by atoms with Crippen LogP contribution in [0.3, 0.4) is 0 Å². The van der Waals surface area contributed by atoms with E-state index in [1.165, 1.54) is 55.8 Å². The summed E-state index contributed by atoms with van der Waals surface area (Å²) in [4.78, 5) is 57.9. The number of pyridine rings is 1. The maximum atomic E-state index is 12.4. The van der Waals surface area contributed by atoms with E-state index in [0.717, 1.165) is 5.56 Å². The molecule has 0 amide bonds. The third kappa shape index (κ3) is 5.66. The van der Waals surface area contributed by atoms with Gasteiger partial charge in [-0.15, -0.1) is 0 Å². The molecule has 0 fully saturated rings. The smallest absolute Gasteiger partial charge is 0.343 e. The highest BCUT2D eigenvalue weighted by atomic mass is 16.5. The number of aromatic amines is 2. The highest BCUT2D eigenvalue weighted by Gasteiger charge is 2.11. The summed E-state index contributed by atoms with van der Waals surface area (Å²) in [6.07, 6.45) is 4.30.